The van der Waals surface area contributed by atoms with E-state index < -0.39 is 24.8 Å². The Balaban J connectivity index is 3.93. The van der Waals surface area contributed by atoms with Gasteiger partial charge in [-0.05, 0) is 44.9 Å². The van der Waals surface area contributed by atoms with Crippen LogP contribution in [0.2, 0.25) is 0 Å². The molecule has 0 aliphatic rings. The summed E-state index contributed by atoms with van der Waals surface area (Å²) in [5.74, 6) is -0.790. The van der Waals surface area contributed by atoms with Gasteiger partial charge in [-0.1, -0.05) is 125 Å². The van der Waals surface area contributed by atoms with Crippen LogP contribution in [0, 0.1) is 0 Å². The van der Waals surface area contributed by atoms with Gasteiger partial charge in [0.25, 0.3) is 0 Å². The molecule has 0 fully saturated rings. The van der Waals surface area contributed by atoms with Gasteiger partial charge >= 0.3 is 11.9 Å². The average Bonchev–Trinajstić information content (AvgIpc) is 2.96. The van der Waals surface area contributed by atoms with Gasteiger partial charge in [0, 0.05) is 12.8 Å². The maximum atomic E-state index is 12.0. The highest BCUT2D eigenvalue weighted by Gasteiger charge is 2.15. The Bertz CT molecular complexity index is 805. The molecule has 0 aliphatic heterocycles. The summed E-state index contributed by atoms with van der Waals surface area (Å²) in [5, 5.41) is 19.5. The number of rotatable bonds is 26. The number of hydrogen-bond donors (Lipinski definition) is 2. The fourth-order valence-electron chi connectivity index (χ4n) is 3.72. The van der Waals surface area contributed by atoms with Gasteiger partial charge in [0.15, 0.2) is 6.10 Å². The van der Waals surface area contributed by atoms with E-state index in [0.29, 0.717) is 19.3 Å². The molecule has 0 spiro atoms. The minimum absolute atomic E-state index is 0.134. The number of unbranched alkanes of at least 4 members (excludes halogenated alkanes) is 6. The first-order valence-corrected chi connectivity index (χ1v) is 15.6. The number of esters is 2. The second-order valence-electron chi connectivity index (χ2n) is 10.0. The maximum absolute atomic E-state index is 12.0. The number of hydrogen-bond acceptors (Lipinski definition) is 6. The van der Waals surface area contributed by atoms with Crippen LogP contribution in [0.15, 0.2) is 72.9 Å². The van der Waals surface area contributed by atoms with E-state index in [1.165, 1.54) is 25.7 Å². The summed E-state index contributed by atoms with van der Waals surface area (Å²) in [6.45, 7) is 3.78. The summed E-state index contributed by atoms with van der Waals surface area (Å²) < 4.78 is 10.4. The van der Waals surface area contributed by atoms with Crippen molar-refractivity contribution in [3.8, 4) is 0 Å². The molecule has 0 saturated carbocycles. The second-order valence-corrected chi connectivity index (χ2v) is 10.0. The van der Waals surface area contributed by atoms with E-state index >= 15 is 0 Å². The number of aliphatic hydroxyl groups excluding tert-OH is 2. The minimum Gasteiger partial charge on any atom is -0.462 e. The van der Waals surface area contributed by atoms with Gasteiger partial charge in [-0.15, -0.1) is 0 Å². The van der Waals surface area contributed by atoms with Crippen LogP contribution in [-0.4, -0.2) is 47.6 Å². The molecule has 6 heteroatoms. The maximum Gasteiger partial charge on any atom is 0.306 e. The van der Waals surface area contributed by atoms with Gasteiger partial charge in [-0.3, -0.25) is 9.59 Å². The fourth-order valence-corrected chi connectivity index (χ4v) is 3.72. The van der Waals surface area contributed by atoms with Crippen molar-refractivity contribution in [2.45, 2.75) is 122 Å². The average molecular weight is 573 g/mol. The van der Waals surface area contributed by atoms with Crippen LogP contribution in [0.1, 0.15) is 110 Å². The van der Waals surface area contributed by atoms with E-state index in [2.05, 4.69) is 50.3 Å². The van der Waals surface area contributed by atoms with Crippen LogP contribution in [0.4, 0.5) is 0 Å². The zero-order valence-electron chi connectivity index (χ0n) is 25.6. The van der Waals surface area contributed by atoms with Gasteiger partial charge in [-0.2, -0.15) is 0 Å². The van der Waals surface area contributed by atoms with Crippen molar-refractivity contribution >= 4 is 11.9 Å². The third-order valence-electron chi connectivity index (χ3n) is 6.11. The summed E-state index contributed by atoms with van der Waals surface area (Å²) in [5.41, 5.74) is 0. The predicted molar refractivity (Wildman–Crippen MR) is 169 cm³/mol. The zero-order chi connectivity index (χ0) is 30.2. The van der Waals surface area contributed by atoms with Crippen LogP contribution in [-0.2, 0) is 19.1 Å². The van der Waals surface area contributed by atoms with E-state index in [4.69, 9.17) is 9.47 Å². The van der Waals surface area contributed by atoms with Crippen molar-refractivity contribution in [2.24, 2.45) is 0 Å². The molecule has 2 atom stereocenters. The Morgan fingerprint density at radius 2 is 1.34 bits per heavy atom. The second kappa shape index (κ2) is 30.3. The van der Waals surface area contributed by atoms with Crippen molar-refractivity contribution < 1.29 is 29.3 Å². The SMILES string of the molecule is CC/C=C\C/C=C\C/C=C\C/C=C\C=C/C(O)C/C=C\CCC(=O)O[C@@H](CO)COC(=O)CCCCCCCCC. The molecule has 2 N–H and O–H groups in total. The number of ether oxygens (including phenoxy) is 2. The Morgan fingerprint density at radius 1 is 0.707 bits per heavy atom. The third kappa shape index (κ3) is 28.6. The monoisotopic (exact) mass is 572 g/mol. The highest BCUT2D eigenvalue weighted by atomic mass is 16.6. The van der Waals surface area contributed by atoms with Gasteiger partial charge in [-0.25, -0.2) is 0 Å². The number of aliphatic hydroxyl groups is 2. The van der Waals surface area contributed by atoms with E-state index in [0.717, 1.165) is 44.9 Å². The molecular weight excluding hydrogens is 516 g/mol. The van der Waals surface area contributed by atoms with Gasteiger partial charge < -0.3 is 19.7 Å². The van der Waals surface area contributed by atoms with Crippen LogP contribution in [0.5, 0.6) is 0 Å². The topological polar surface area (TPSA) is 93.1 Å². The molecular formula is C35H56O6. The summed E-state index contributed by atoms with van der Waals surface area (Å²) in [6.07, 6.45) is 35.7. The molecule has 0 heterocycles. The Morgan fingerprint density at radius 3 is 2.00 bits per heavy atom. The van der Waals surface area contributed by atoms with Crippen molar-refractivity contribution in [2.75, 3.05) is 13.2 Å². The molecule has 1 unspecified atom stereocenters. The lowest BCUT2D eigenvalue weighted by atomic mass is 10.1. The molecule has 0 amide bonds. The molecule has 0 rings (SSSR count). The van der Waals surface area contributed by atoms with Crippen molar-refractivity contribution in [1.82, 2.24) is 0 Å². The zero-order valence-corrected chi connectivity index (χ0v) is 25.6. The molecule has 0 radical (unpaired) electrons. The standard InChI is InChI=1S/C35H56O6/c1-3-5-7-9-11-12-13-14-15-16-18-19-22-26-32(37)27-23-21-25-29-35(39)41-33(30-36)31-40-34(38)28-24-20-17-10-8-6-4-2/h5,7,11-12,14-15,18-19,21-23,26,32-33,36-37H,3-4,6,8-10,13,16-17,20,24-25,27-31H2,1-2H3/b7-5-,12-11-,15-14-,19-18-,23-21-,26-22-/t32?,33-/m0/s1. The molecule has 41 heavy (non-hydrogen) atoms. The van der Waals surface area contributed by atoms with E-state index in [1.54, 1.807) is 6.08 Å². The first-order chi connectivity index (χ1) is 20.0. The van der Waals surface area contributed by atoms with E-state index in [-0.39, 0.29) is 19.0 Å². The number of carbonyl (C=O) groups excluding carboxylic acids is 2. The molecule has 0 aliphatic carbocycles. The lowest BCUT2D eigenvalue weighted by Gasteiger charge is -2.15. The van der Waals surface area contributed by atoms with Gasteiger partial charge in [0.1, 0.15) is 6.61 Å². The normalized spacial score (nSPS) is 14.0. The lowest BCUT2D eigenvalue weighted by Crippen LogP contribution is -2.28. The molecule has 0 saturated heterocycles. The van der Waals surface area contributed by atoms with Crippen molar-refractivity contribution in [3.05, 3.63) is 72.9 Å². The molecule has 232 valence electrons. The smallest absolute Gasteiger partial charge is 0.306 e. The van der Waals surface area contributed by atoms with Gasteiger partial charge in [0.2, 0.25) is 0 Å². The van der Waals surface area contributed by atoms with E-state index in [1.807, 2.05) is 30.4 Å². The van der Waals surface area contributed by atoms with E-state index in [9.17, 15) is 19.8 Å². The highest BCUT2D eigenvalue weighted by Crippen LogP contribution is 2.09. The third-order valence-corrected chi connectivity index (χ3v) is 6.11. The summed E-state index contributed by atoms with van der Waals surface area (Å²) in [4.78, 5) is 23.9. The predicted octanol–water partition coefficient (Wildman–Crippen LogP) is 8.02. The molecule has 0 aromatic rings. The molecule has 0 bridgehead atoms. The van der Waals surface area contributed by atoms with Crippen LogP contribution in [0.3, 0.4) is 0 Å². The first kappa shape index (κ1) is 38.3. The summed E-state index contributed by atoms with van der Waals surface area (Å²) >= 11 is 0. The number of allylic oxidation sites excluding steroid dienone is 10. The molecule has 0 aromatic heterocycles. The van der Waals surface area contributed by atoms with Gasteiger partial charge in [0.05, 0.1) is 12.7 Å². The lowest BCUT2D eigenvalue weighted by molar-refractivity contribution is -0.161. The Hall–Kier alpha value is -2.70. The largest absolute Gasteiger partial charge is 0.462 e. The van der Waals surface area contributed by atoms with Crippen molar-refractivity contribution in [1.29, 1.82) is 0 Å². The molecule has 0 aromatic carbocycles. The van der Waals surface area contributed by atoms with Crippen LogP contribution < -0.4 is 0 Å². The Kier molecular flexibility index (Phi) is 28.3. The molecule has 6 nitrogen and oxygen atoms in total. The first-order valence-electron chi connectivity index (χ1n) is 15.6. The number of carbonyl (C=O) groups is 2. The highest BCUT2D eigenvalue weighted by molar-refractivity contribution is 5.70. The van der Waals surface area contributed by atoms with Crippen molar-refractivity contribution in [3.63, 3.8) is 0 Å². The quantitative estimate of drug-likeness (QED) is 0.0472. The van der Waals surface area contributed by atoms with Crippen LogP contribution >= 0.6 is 0 Å². The summed E-state index contributed by atoms with van der Waals surface area (Å²) in [6, 6.07) is 0. The minimum atomic E-state index is -0.852. The Labute approximate surface area is 249 Å². The summed E-state index contributed by atoms with van der Waals surface area (Å²) in [7, 11) is 0. The fraction of sp³-hybridized carbons (Fsp3) is 0.600. The van der Waals surface area contributed by atoms with Crippen LogP contribution in [0.25, 0.3) is 0 Å².